The molecule has 3 aromatic rings. The quantitative estimate of drug-likeness (QED) is 0.689. The van der Waals surface area contributed by atoms with Crippen LogP contribution in [0.2, 0.25) is 5.02 Å². The Hall–Kier alpha value is -3.18. The molecule has 5 nitrogen and oxygen atoms in total. The Kier molecular flexibility index (Phi) is 5.58. The van der Waals surface area contributed by atoms with Crippen molar-refractivity contribution in [2.45, 2.75) is 12.3 Å². The second-order valence-corrected chi connectivity index (χ2v) is 7.49. The Labute approximate surface area is 174 Å². The third-order valence-electron chi connectivity index (χ3n) is 5.15. The summed E-state index contributed by atoms with van der Waals surface area (Å²) in [5.74, 6) is 0.125. The summed E-state index contributed by atoms with van der Waals surface area (Å²) in [5.41, 5.74) is 3.00. The van der Waals surface area contributed by atoms with Gasteiger partial charge in [-0.1, -0.05) is 23.7 Å². The minimum atomic E-state index is -0.211. The monoisotopic (exact) mass is 405 g/mol. The fourth-order valence-corrected chi connectivity index (χ4v) is 3.66. The van der Waals surface area contributed by atoms with E-state index >= 15 is 0 Å². The van der Waals surface area contributed by atoms with Gasteiger partial charge in [-0.25, -0.2) is 0 Å². The molecule has 1 N–H and O–H groups in total. The molecule has 2 amide bonds. The summed E-state index contributed by atoms with van der Waals surface area (Å²) in [6.07, 6.45) is 4.08. The van der Waals surface area contributed by atoms with Crippen LogP contribution in [0.4, 0.5) is 5.69 Å². The van der Waals surface area contributed by atoms with Gasteiger partial charge in [0.15, 0.2) is 0 Å². The lowest BCUT2D eigenvalue weighted by Crippen LogP contribution is -2.28. The molecule has 0 saturated carbocycles. The van der Waals surface area contributed by atoms with E-state index in [0.717, 1.165) is 18.0 Å². The van der Waals surface area contributed by atoms with Crippen molar-refractivity contribution in [3.8, 4) is 0 Å². The van der Waals surface area contributed by atoms with Crippen molar-refractivity contribution < 1.29 is 9.59 Å². The SMILES string of the molecule is O=C(Nc1ccc(C(=O)N2CCC(c3ccc(Cl)cc3)C2)cc1)c1ccncc1. The van der Waals surface area contributed by atoms with Gasteiger partial charge in [0.25, 0.3) is 11.8 Å². The Morgan fingerprint density at radius 1 is 0.931 bits per heavy atom. The van der Waals surface area contributed by atoms with Gasteiger partial charge in [0, 0.05) is 53.2 Å². The lowest BCUT2D eigenvalue weighted by Gasteiger charge is -2.17. The lowest BCUT2D eigenvalue weighted by atomic mass is 9.99. The first-order chi connectivity index (χ1) is 14.1. The molecule has 4 rings (SSSR count). The van der Waals surface area contributed by atoms with Crippen LogP contribution in [0.5, 0.6) is 0 Å². The van der Waals surface area contributed by atoms with E-state index in [0.29, 0.717) is 29.3 Å². The molecule has 1 fully saturated rings. The van der Waals surface area contributed by atoms with Crippen molar-refractivity contribution >= 4 is 29.1 Å². The average molecular weight is 406 g/mol. The highest BCUT2D eigenvalue weighted by molar-refractivity contribution is 6.30. The lowest BCUT2D eigenvalue weighted by molar-refractivity contribution is 0.0790. The summed E-state index contributed by atoms with van der Waals surface area (Å²) in [6, 6.07) is 18.1. The van der Waals surface area contributed by atoms with Crippen LogP contribution < -0.4 is 5.32 Å². The average Bonchev–Trinajstić information content (AvgIpc) is 3.25. The number of nitrogens with zero attached hydrogens (tertiary/aromatic N) is 2. The first kappa shape index (κ1) is 19.2. The van der Waals surface area contributed by atoms with Crippen LogP contribution in [0.1, 0.15) is 38.6 Å². The van der Waals surface area contributed by atoms with Gasteiger partial charge in [-0.05, 0) is 60.5 Å². The fourth-order valence-electron chi connectivity index (χ4n) is 3.54. The fraction of sp³-hybridized carbons (Fsp3) is 0.174. The number of anilines is 1. The zero-order valence-corrected chi connectivity index (χ0v) is 16.5. The van der Waals surface area contributed by atoms with Crippen molar-refractivity contribution in [3.05, 3.63) is 94.8 Å². The molecule has 0 bridgehead atoms. The highest BCUT2D eigenvalue weighted by Crippen LogP contribution is 2.29. The number of aromatic nitrogens is 1. The van der Waals surface area contributed by atoms with Gasteiger partial charge in [-0.2, -0.15) is 0 Å². The Morgan fingerprint density at radius 2 is 1.62 bits per heavy atom. The number of pyridine rings is 1. The van der Waals surface area contributed by atoms with E-state index < -0.39 is 0 Å². The maximum atomic E-state index is 12.8. The molecule has 146 valence electrons. The number of hydrogen-bond acceptors (Lipinski definition) is 3. The number of nitrogens with one attached hydrogen (secondary N) is 1. The van der Waals surface area contributed by atoms with Crippen LogP contribution in [0.15, 0.2) is 73.1 Å². The van der Waals surface area contributed by atoms with Gasteiger partial charge in [-0.3, -0.25) is 14.6 Å². The molecule has 2 heterocycles. The molecule has 6 heteroatoms. The Morgan fingerprint density at radius 3 is 2.31 bits per heavy atom. The Bertz CT molecular complexity index is 1000. The van der Waals surface area contributed by atoms with E-state index in [4.69, 9.17) is 11.6 Å². The van der Waals surface area contributed by atoms with Crippen molar-refractivity contribution in [2.75, 3.05) is 18.4 Å². The molecule has 1 saturated heterocycles. The third kappa shape index (κ3) is 4.46. The minimum Gasteiger partial charge on any atom is -0.338 e. The number of carbonyl (C=O) groups excluding carboxylic acids is 2. The summed E-state index contributed by atoms with van der Waals surface area (Å²) >= 11 is 5.96. The van der Waals surface area contributed by atoms with E-state index in [1.54, 1.807) is 48.8 Å². The van der Waals surface area contributed by atoms with Gasteiger partial charge >= 0.3 is 0 Å². The molecule has 1 aliphatic rings. The molecule has 0 radical (unpaired) electrons. The molecular weight excluding hydrogens is 386 g/mol. The molecule has 1 atom stereocenters. The van der Waals surface area contributed by atoms with Crippen molar-refractivity contribution in [3.63, 3.8) is 0 Å². The smallest absolute Gasteiger partial charge is 0.255 e. The Balaban J connectivity index is 1.38. The molecule has 1 unspecified atom stereocenters. The van der Waals surface area contributed by atoms with Gasteiger partial charge in [0.05, 0.1) is 0 Å². The number of halogens is 1. The summed E-state index contributed by atoms with van der Waals surface area (Å²) < 4.78 is 0. The van der Waals surface area contributed by atoms with E-state index in [1.165, 1.54) is 5.56 Å². The number of benzene rings is 2. The van der Waals surface area contributed by atoms with Gasteiger partial charge in [0.1, 0.15) is 0 Å². The van der Waals surface area contributed by atoms with Gasteiger partial charge < -0.3 is 10.2 Å². The third-order valence-corrected chi connectivity index (χ3v) is 5.40. The molecule has 0 spiro atoms. The molecule has 2 aromatic carbocycles. The normalized spacial score (nSPS) is 15.9. The summed E-state index contributed by atoms with van der Waals surface area (Å²) in [6.45, 7) is 1.42. The summed E-state index contributed by atoms with van der Waals surface area (Å²) in [7, 11) is 0. The number of amides is 2. The van der Waals surface area contributed by atoms with E-state index in [9.17, 15) is 9.59 Å². The predicted molar refractivity (Wildman–Crippen MR) is 113 cm³/mol. The first-order valence-corrected chi connectivity index (χ1v) is 9.84. The predicted octanol–water partition coefficient (Wildman–Crippen LogP) is 4.62. The largest absolute Gasteiger partial charge is 0.338 e. The molecular formula is C23H20ClN3O2. The first-order valence-electron chi connectivity index (χ1n) is 9.46. The van der Waals surface area contributed by atoms with Gasteiger partial charge in [-0.15, -0.1) is 0 Å². The van der Waals surface area contributed by atoms with Crippen molar-refractivity contribution in [1.82, 2.24) is 9.88 Å². The van der Waals surface area contributed by atoms with Crippen molar-refractivity contribution in [2.24, 2.45) is 0 Å². The zero-order valence-electron chi connectivity index (χ0n) is 15.7. The van der Waals surface area contributed by atoms with Crippen molar-refractivity contribution in [1.29, 1.82) is 0 Å². The molecule has 0 aliphatic carbocycles. The van der Waals surface area contributed by atoms with Crippen LogP contribution in [0, 0.1) is 0 Å². The van der Waals surface area contributed by atoms with Gasteiger partial charge in [0.2, 0.25) is 0 Å². The second kappa shape index (κ2) is 8.45. The summed E-state index contributed by atoms with van der Waals surface area (Å²) in [4.78, 5) is 30.8. The van der Waals surface area contributed by atoms with Crippen LogP contribution in [0.3, 0.4) is 0 Å². The summed E-state index contributed by atoms with van der Waals surface area (Å²) in [5, 5.41) is 3.54. The number of carbonyl (C=O) groups is 2. The van der Waals surface area contributed by atoms with Crippen LogP contribution in [-0.2, 0) is 0 Å². The molecule has 1 aromatic heterocycles. The zero-order chi connectivity index (χ0) is 20.2. The number of rotatable bonds is 4. The highest BCUT2D eigenvalue weighted by atomic mass is 35.5. The highest BCUT2D eigenvalue weighted by Gasteiger charge is 2.27. The van der Waals surface area contributed by atoms with E-state index in [2.05, 4.69) is 10.3 Å². The van der Waals surface area contributed by atoms with E-state index in [1.807, 2.05) is 29.2 Å². The molecule has 1 aliphatic heterocycles. The topological polar surface area (TPSA) is 62.3 Å². The van der Waals surface area contributed by atoms with Crippen LogP contribution in [0.25, 0.3) is 0 Å². The standard InChI is InChI=1S/C23H20ClN3O2/c24-20-5-1-16(2-6-20)19-11-14-27(15-19)23(29)18-3-7-21(8-4-18)26-22(28)17-9-12-25-13-10-17/h1-10,12-13,19H,11,14-15H2,(H,26,28). The second-order valence-electron chi connectivity index (χ2n) is 7.06. The number of likely N-dealkylation sites (tertiary alicyclic amines) is 1. The maximum absolute atomic E-state index is 12.8. The molecule has 29 heavy (non-hydrogen) atoms. The van der Waals surface area contributed by atoms with Crippen LogP contribution >= 0.6 is 11.6 Å². The van der Waals surface area contributed by atoms with E-state index in [-0.39, 0.29) is 11.8 Å². The minimum absolute atomic E-state index is 0.00785. The number of hydrogen-bond donors (Lipinski definition) is 1. The maximum Gasteiger partial charge on any atom is 0.255 e. The van der Waals surface area contributed by atoms with Crippen LogP contribution in [-0.4, -0.2) is 34.8 Å².